The van der Waals surface area contributed by atoms with Crippen molar-refractivity contribution in [3.8, 4) is 11.5 Å². The van der Waals surface area contributed by atoms with Crippen molar-refractivity contribution in [1.29, 1.82) is 0 Å². The summed E-state index contributed by atoms with van der Waals surface area (Å²) in [6.07, 6.45) is 3.00. The predicted molar refractivity (Wildman–Crippen MR) is 119 cm³/mol. The maximum atomic E-state index is 13.3. The van der Waals surface area contributed by atoms with E-state index in [1.807, 2.05) is 34.7 Å². The molecule has 168 valence electrons. The lowest BCUT2D eigenvalue weighted by Crippen LogP contribution is -2.39. The average Bonchev–Trinajstić information content (AvgIpc) is 3.14. The van der Waals surface area contributed by atoms with Crippen molar-refractivity contribution in [1.82, 2.24) is 19.4 Å². The standard InChI is InChI=1S/C23H27N5O4/c1-13-17(21(24)29)12-25-22(26-13)14-5-7-28(8-6-14)23(30)19-11-16-18(27(19)2)9-15(31-3)10-20(16)32-4/h9-12,14H,5-8H2,1-4H3,(H2,24,29). The number of carbonyl (C=O) groups excluding carboxylic acids is 2. The molecule has 2 N–H and O–H groups in total. The normalized spacial score (nSPS) is 14.6. The van der Waals surface area contributed by atoms with Gasteiger partial charge in [0.05, 0.1) is 31.0 Å². The second-order valence-corrected chi connectivity index (χ2v) is 8.01. The van der Waals surface area contributed by atoms with Crippen molar-refractivity contribution >= 4 is 22.7 Å². The summed E-state index contributed by atoms with van der Waals surface area (Å²) in [5, 5.41) is 0.868. The number of hydrogen-bond donors (Lipinski definition) is 1. The Morgan fingerprint density at radius 2 is 1.84 bits per heavy atom. The van der Waals surface area contributed by atoms with Crippen LogP contribution in [-0.4, -0.2) is 58.6 Å². The molecule has 0 bridgehead atoms. The van der Waals surface area contributed by atoms with Gasteiger partial charge >= 0.3 is 0 Å². The molecule has 0 unspecified atom stereocenters. The lowest BCUT2D eigenvalue weighted by molar-refractivity contribution is 0.0701. The van der Waals surface area contributed by atoms with Crippen molar-refractivity contribution < 1.29 is 19.1 Å². The molecule has 4 rings (SSSR count). The quantitative estimate of drug-likeness (QED) is 0.656. The molecule has 32 heavy (non-hydrogen) atoms. The van der Waals surface area contributed by atoms with Gasteiger partial charge in [-0.15, -0.1) is 0 Å². The van der Waals surface area contributed by atoms with Crippen LogP contribution in [0, 0.1) is 6.92 Å². The number of aromatic nitrogens is 3. The zero-order valence-corrected chi connectivity index (χ0v) is 18.7. The molecule has 9 nitrogen and oxygen atoms in total. The van der Waals surface area contributed by atoms with Gasteiger partial charge < -0.3 is 24.7 Å². The smallest absolute Gasteiger partial charge is 0.270 e. The molecule has 0 atom stereocenters. The molecule has 9 heteroatoms. The monoisotopic (exact) mass is 437 g/mol. The van der Waals surface area contributed by atoms with Crippen molar-refractivity contribution in [2.24, 2.45) is 12.8 Å². The number of carbonyl (C=O) groups is 2. The Morgan fingerprint density at radius 3 is 2.44 bits per heavy atom. The lowest BCUT2D eigenvalue weighted by atomic mass is 9.95. The molecule has 2 aromatic heterocycles. The first-order valence-corrected chi connectivity index (χ1v) is 10.5. The summed E-state index contributed by atoms with van der Waals surface area (Å²) in [7, 11) is 5.08. The van der Waals surface area contributed by atoms with E-state index in [-0.39, 0.29) is 11.8 Å². The van der Waals surface area contributed by atoms with E-state index in [2.05, 4.69) is 9.97 Å². The van der Waals surface area contributed by atoms with E-state index >= 15 is 0 Å². The molecule has 0 saturated carbocycles. The maximum absolute atomic E-state index is 13.3. The van der Waals surface area contributed by atoms with Crippen LogP contribution in [0.5, 0.6) is 11.5 Å². The molecule has 3 heterocycles. The third-order valence-electron chi connectivity index (χ3n) is 6.18. The lowest BCUT2D eigenvalue weighted by Gasteiger charge is -2.31. The SMILES string of the molecule is COc1cc(OC)c2cc(C(=O)N3CCC(c4ncc(C(N)=O)c(C)n4)CC3)n(C)c2c1. The summed E-state index contributed by atoms with van der Waals surface area (Å²) >= 11 is 0. The van der Waals surface area contributed by atoms with Crippen molar-refractivity contribution in [2.45, 2.75) is 25.7 Å². The van der Waals surface area contributed by atoms with Crippen LogP contribution in [0.4, 0.5) is 0 Å². The summed E-state index contributed by atoms with van der Waals surface area (Å²) < 4.78 is 12.7. The maximum Gasteiger partial charge on any atom is 0.270 e. The zero-order valence-electron chi connectivity index (χ0n) is 18.7. The molecule has 1 fully saturated rings. The number of aryl methyl sites for hydroxylation is 2. The minimum Gasteiger partial charge on any atom is -0.497 e. The van der Waals surface area contributed by atoms with Crippen LogP contribution >= 0.6 is 0 Å². The molecule has 1 aliphatic rings. The topological polar surface area (TPSA) is 113 Å². The fourth-order valence-electron chi connectivity index (χ4n) is 4.29. The van der Waals surface area contributed by atoms with Crippen molar-refractivity contribution in [3.05, 3.63) is 47.2 Å². The Morgan fingerprint density at radius 1 is 1.12 bits per heavy atom. The fraction of sp³-hybridized carbons (Fsp3) is 0.391. The third kappa shape index (κ3) is 3.74. The molecule has 1 aliphatic heterocycles. The third-order valence-corrected chi connectivity index (χ3v) is 6.18. The second-order valence-electron chi connectivity index (χ2n) is 8.01. The number of benzene rings is 1. The van der Waals surface area contributed by atoms with E-state index in [1.165, 1.54) is 6.20 Å². The van der Waals surface area contributed by atoms with Gasteiger partial charge in [0.15, 0.2) is 0 Å². The zero-order chi connectivity index (χ0) is 23.0. The average molecular weight is 438 g/mol. The summed E-state index contributed by atoms with van der Waals surface area (Å²) in [6, 6.07) is 5.58. The summed E-state index contributed by atoms with van der Waals surface area (Å²) in [4.78, 5) is 35.4. The van der Waals surface area contributed by atoms with Crippen molar-refractivity contribution in [3.63, 3.8) is 0 Å². The Labute approximate surface area is 186 Å². The highest BCUT2D eigenvalue weighted by Crippen LogP contribution is 2.34. The van der Waals surface area contributed by atoms with E-state index in [0.29, 0.717) is 47.4 Å². The van der Waals surface area contributed by atoms with E-state index in [0.717, 1.165) is 23.7 Å². The van der Waals surface area contributed by atoms with Gasteiger partial charge in [0.1, 0.15) is 23.0 Å². The highest BCUT2D eigenvalue weighted by atomic mass is 16.5. The molecule has 1 aromatic carbocycles. The van der Waals surface area contributed by atoms with Crippen LogP contribution in [0.3, 0.4) is 0 Å². The molecule has 1 saturated heterocycles. The number of primary amides is 1. The minimum atomic E-state index is -0.529. The highest BCUT2D eigenvalue weighted by Gasteiger charge is 2.28. The molecule has 2 amide bonds. The Kier molecular flexibility index (Phi) is 5.73. The van der Waals surface area contributed by atoms with Gasteiger partial charge in [0.25, 0.3) is 11.8 Å². The number of methoxy groups -OCH3 is 2. The first-order chi connectivity index (χ1) is 15.3. The number of piperidine rings is 1. The number of rotatable bonds is 5. The number of ether oxygens (including phenoxy) is 2. The van der Waals surface area contributed by atoms with Gasteiger partial charge in [-0.2, -0.15) is 0 Å². The van der Waals surface area contributed by atoms with Crippen LogP contribution in [0.2, 0.25) is 0 Å². The number of hydrogen-bond acceptors (Lipinski definition) is 6. The predicted octanol–water partition coefficient (Wildman–Crippen LogP) is 2.41. The molecular weight excluding hydrogens is 410 g/mol. The minimum absolute atomic E-state index is 0.0238. The first-order valence-electron chi connectivity index (χ1n) is 10.5. The summed E-state index contributed by atoms with van der Waals surface area (Å²) in [5.41, 5.74) is 7.74. The number of nitrogens with zero attached hydrogens (tertiary/aromatic N) is 4. The van der Waals surface area contributed by atoms with Crippen LogP contribution in [0.1, 0.15) is 51.1 Å². The van der Waals surface area contributed by atoms with E-state index in [9.17, 15) is 9.59 Å². The Balaban J connectivity index is 1.52. The van der Waals surface area contributed by atoms with E-state index < -0.39 is 5.91 Å². The Bertz CT molecular complexity index is 1190. The molecular formula is C23H27N5O4. The van der Waals surface area contributed by atoms with Crippen LogP contribution < -0.4 is 15.2 Å². The van der Waals surface area contributed by atoms with Crippen LogP contribution in [-0.2, 0) is 7.05 Å². The number of fused-ring (bicyclic) bond motifs is 1. The second kappa shape index (κ2) is 8.49. The van der Waals surface area contributed by atoms with Gasteiger partial charge in [-0.1, -0.05) is 0 Å². The number of nitrogens with two attached hydrogens (primary N) is 1. The van der Waals surface area contributed by atoms with Gasteiger partial charge in [0.2, 0.25) is 0 Å². The first kappa shape index (κ1) is 21.6. The van der Waals surface area contributed by atoms with Crippen LogP contribution in [0.15, 0.2) is 24.4 Å². The van der Waals surface area contributed by atoms with Gasteiger partial charge in [-0.05, 0) is 25.8 Å². The number of amides is 2. The molecule has 0 spiro atoms. The van der Waals surface area contributed by atoms with Crippen molar-refractivity contribution in [2.75, 3.05) is 27.3 Å². The highest BCUT2D eigenvalue weighted by molar-refractivity contribution is 6.01. The molecule has 0 aliphatic carbocycles. The summed E-state index contributed by atoms with van der Waals surface area (Å²) in [5.74, 6) is 1.62. The molecule has 0 radical (unpaired) electrons. The largest absolute Gasteiger partial charge is 0.497 e. The summed E-state index contributed by atoms with van der Waals surface area (Å²) in [6.45, 7) is 2.96. The van der Waals surface area contributed by atoms with Gasteiger partial charge in [0, 0.05) is 49.8 Å². The van der Waals surface area contributed by atoms with Gasteiger partial charge in [-0.25, -0.2) is 9.97 Å². The van der Waals surface area contributed by atoms with Gasteiger partial charge in [-0.3, -0.25) is 9.59 Å². The van der Waals surface area contributed by atoms with Crippen LogP contribution in [0.25, 0.3) is 10.9 Å². The fourth-order valence-corrected chi connectivity index (χ4v) is 4.29. The Hall–Kier alpha value is -3.62. The van der Waals surface area contributed by atoms with E-state index in [4.69, 9.17) is 15.2 Å². The van der Waals surface area contributed by atoms with E-state index in [1.54, 1.807) is 21.1 Å². The number of likely N-dealkylation sites (tertiary alicyclic amines) is 1. The molecule has 3 aromatic rings.